The van der Waals surface area contributed by atoms with Crippen molar-refractivity contribution in [3.8, 4) is 0 Å². The van der Waals surface area contributed by atoms with Crippen molar-refractivity contribution in [3.63, 3.8) is 0 Å². The van der Waals surface area contributed by atoms with Crippen LogP contribution in [0.25, 0.3) is 0 Å². The van der Waals surface area contributed by atoms with Gasteiger partial charge in [0.1, 0.15) is 0 Å². The van der Waals surface area contributed by atoms with E-state index < -0.39 is 6.09 Å². The number of carbonyl (C=O) groups excluding carboxylic acids is 1. The van der Waals surface area contributed by atoms with Crippen molar-refractivity contribution in [1.29, 1.82) is 0 Å². The predicted octanol–water partition coefficient (Wildman–Crippen LogP) is 0.888. The number of hydrogen-bond donors (Lipinski definition) is 2. The highest BCUT2D eigenvalue weighted by Gasteiger charge is 2.15. The standard InChI is InChI=1S/C9H18N2O3/c1-3-4-11(9(13)14)6-7(2)5-8(10)12/h7H,3-6H2,1-2H3,(H2,10,12)(H,13,14)/t7-/m1/s1. The topological polar surface area (TPSA) is 83.6 Å². The molecule has 5 heteroatoms. The Morgan fingerprint density at radius 2 is 2.07 bits per heavy atom. The third kappa shape index (κ3) is 5.40. The van der Waals surface area contributed by atoms with Crippen LogP contribution in [0.1, 0.15) is 26.7 Å². The molecule has 0 aromatic heterocycles. The lowest BCUT2D eigenvalue weighted by molar-refractivity contribution is -0.118. The summed E-state index contributed by atoms with van der Waals surface area (Å²) in [6.45, 7) is 4.59. The number of carbonyl (C=O) groups is 2. The first-order valence-electron chi connectivity index (χ1n) is 4.73. The number of carboxylic acid groups (broad SMARTS) is 1. The molecule has 0 rings (SSSR count). The smallest absolute Gasteiger partial charge is 0.407 e. The number of amides is 2. The van der Waals surface area contributed by atoms with E-state index in [1.807, 2.05) is 13.8 Å². The van der Waals surface area contributed by atoms with E-state index in [1.54, 1.807) is 0 Å². The molecule has 82 valence electrons. The van der Waals surface area contributed by atoms with Gasteiger partial charge in [-0.05, 0) is 12.3 Å². The van der Waals surface area contributed by atoms with E-state index in [9.17, 15) is 9.59 Å². The van der Waals surface area contributed by atoms with Crippen molar-refractivity contribution in [2.75, 3.05) is 13.1 Å². The molecule has 0 saturated carbocycles. The number of nitrogens with zero attached hydrogens (tertiary/aromatic N) is 1. The molecule has 0 unspecified atom stereocenters. The molecule has 0 radical (unpaired) electrons. The van der Waals surface area contributed by atoms with E-state index in [1.165, 1.54) is 4.90 Å². The molecule has 3 N–H and O–H groups in total. The quantitative estimate of drug-likeness (QED) is 0.670. The summed E-state index contributed by atoms with van der Waals surface area (Å²) < 4.78 is 0. The molecule has 0 aliphatic rings. The second kappa shape index (κ2) is 6.23. The van der Waals surface area contributed by atoms with Crippen molar-refractivity contribution >= 4 is 12.0 Å². The molecule has 1 atom stereocenters. The van der Waals surface area contributed by atoms with Gasteiger partial charge in [0, 0.05) is 19.5 Å². The zero-order chi connectivity index (χ0) is 11.1. The lowest BCUT2D eigenvalue weighted by atomic mass is 10.1. The molecule has 0 aromatic rings. The van der Waals surface area contributed by atoms with Gasteiger partial charge in [0.2, 0.25) is 5.91 Å². The van der Waals surface area contributed by atoms with Crippen LogP contribution in [0.5, 0.6) is 0 Å². The molecule has 2 amide bonds. The van der Waals surface area contributed by atoms with Crippen LogP contribution in [0.2, 0.25) is 0 Å². The van der Waals surface area contributed by atoms with E-state index in [0.29, 0.717) is 13.1 Å². The zero-order valence-electron chi connectivity index (χ0n) is 8.69. The lowest BCUT2D eigenvalue weighted by Crippen LogP contribution is -2.35. The van der Waals surface area contributed by atoms with Crippen LogP contribution in [0.3, 0.4) is 0 Å². The van der Waals surface area contributed by atoms with Crippen LogP contribution >= 0.6 is 0 Å². The molecular formula is C9H18N2O3. The fourth-order valence-electron chi connectivity index (χ4n) is 1.32. The minimum absolute atomic E-state index is 0.0184. The maximum absolute atomic E-state index is 10.7. The molecule has 5 nitrogen and oxygen atoms in total. The third-order valence-electron chi connectivity index (χ3n) is 1.85. The van der Waals surface area contributed by atoms with Crippen molar-refractivity contribution in [1.82, 2.24) is 4.90 Å². The van der Waals surface area contributed by atoms with Gasteiger partial charge in [0.15, 0.2) is 0 Å². The summed E-state index contributed by atoms with van der Waals surface area (Å²) in [5, 5.41) is 8.80. The minimum atomic E-state index is -0.942. The monoisotopic (exact) mass is 202 g/mol. The Labute approximate surface area is 83.9 Å². The molecule has 0 bridgehead atoms. The maximum Gasteiger partial charge on any atom is 0.407 e. The first kappa shape index (κ1) is 12.7. The molecule has 0 spiro atoms. The molecule has 0 heterocycles. The molecule has 14 heavy (non-hydrogen) atoms. The van der Waals surface area contributed by atoms with Gasteiger partial charge in [-0.1, -0.05) is 13.8 Å². The second-order valence-corrected chi connectivity index (χ2v) is 3.50. The maximum atomic E-state index is 10.7. The average Bonchev–Trinajstić information content (AvgIpc) is 2.01. The highest BCUT2D eigenvalue weighted by atomic mass is 16.4. The third-order valence-corrected chi connectivity index (χ3v) is 1.85. The first-order chi connectivity index (χ1) is 6.47. The van der Waals surface area contributed by atoms with Gasteiger partial charge < -0.3 is 15.7 Å². The van der Waals surface area contributed by atoms with E-state index in [0.717, 1.165) is 6.42 Å². The molecular weight excluding hydrogens is 184 g/mol. The largest absolute Gasteiger partial charge is 0.465 e. The lowest BCUT2D eigenvalue weighted by Gasteiger charge is -2.21. The Morgan fingerprint density at radius 1 is 1.50 bits per heavy atom. The first-order valence-corrected chi connectivity index (χ1v) is 4.73. The van der Waals surface area contributed by atoms with E-state index in [2.05, 4.69) is 0 Å². The summed E-state index contributed by atoms with van der Waals surface area (Å²) in [6, 6.07) is 0. The van der Waals surface area contributed by atoms with Crippen molar-refractivity contribution in [3.05, 3.63) is 0 Å². The van der Waals surface area contributed by atoms with Gasteiger partial charge in [-0.3, -0.25) is 4.79 Å². The Morgan fingerprint density at radius 3 is 2.43 bits per heavy atom. The molecule has 0 aliphatic heterocycles. The number of primary amides is 1. The fraction of sp³-hybridized carbons (Fsp3) is 0.778. The molecule has 0 aliphatic carbocycles. The predicted molar refractivity (Wildman–Crippen MR) is 52.9 cm³/mol. The molecule has 0 saturated heterocycles. The van der Waals surface area contributed by atoms with Gasteiger partial charge in [-0.25, -0.2) is 4.79 Å². The van der Waals surface area contributed by atoms with Crippen molar-refractivity contribution in [2.45, 2.75) is 26.7 Å². The van der Waals surface area contributed by atoms with Crippen molar-refractivity contribution < 1.29 is 14.7 Å². The van der Waals surface area contributed by atoms with Gasteiger partial charge in [-0.15, -0.1) is 0 Å². The minimum Gasteiger partial charge on any atom is -0.465 e. The van der Waals surface area contributed by atoms with Crippen LogP contribution in [-0.2, 0) is 4.79 Å². The van der Waals surface area contributed by atoms with Crippen LogP contribution in [-0.4, -0.2) is 35.1 Å². The Bertz CT molecular complexity index is 206. The highest BCUT2D eigenvalue weighted by Crippen LogP contribution is 2.05. The average molecular weight is 202 g/mol. The van der Waals surface area contributed by atoms with Crippen LogP contribution in [0, 0.1) is 5.92 Å². The van der Waals surface area contributed by atoms with Crippen LogP contribution in [0.15, 0.2) is 0 Å². The van der Waals surface area contributed by atoms with Crippen LogP contribution in [0.4, 0.5) is 4.79 Å². The summed E-state index contributed by atoms with van der Waals surface area (Å²) >= 11 is 0. The second-order valence-electron chi connectivity index (χ2n) is 3.50. The van der Waals surface area contributed by atoms with Crippen LogP contribution < -0.4 is 5.73 Å². The molecule has 0 aromatic carbocycles. The van der Waals surface area contributed by atoms with Gasteiger partial charge >= 0.3 is 6.09 Å². The number of hydrogen-bond acceptors (Lipinski definition) is 2. The molecule has 0 fully saturated rings. The number of rotatable bonds is 6. The van der Waals surface area contributed by atoms with E-state index >= 15 is 0 Å². The van der Waals surface area contributed by atoms with Gasteiger partial charge in [0.25, 0.3) is 0 Å². The highest BCUT2D eigenvalue weighted by molar-refractivity contribution is 5.74. The zero-order valence-corrected chi connectivity index (χ0v) is 8.69. The Balaban J connectivity index is 4.01. The SMILES string of the molecule is CCCN(C[C@H](C)CC(N)=O)C(=O)O. The normalized spacial score (nSPS) is 12.1. The van der Waals surface area contributed by atoms with Crippen molar-refractivity contribution in [2.24, 2.45) is 11.7 Å². The fourth-order valence-corrected chi connectivity index (χ4v) is 1.32. The summed E-state index contributed by atoms with van der Waals surface area (Å²) in [6.07, 6.45) is 0.0616. The van der Waals surface area contributed by atoms with E-state index in [-0.39, 0.29) is 18.2 Å². The summed E-state index contributed by atoms with van der Waals surface area (Å²) in [4.78, 5) is 22.6. The number of nitrogens with two attached hydrogens (primary N) is 1. The van der Waals surface area contributed by atoms with E-state index in [4.69, 9.17) is 10.8 Å². The Kier molecular flexibility index (Phi) is 5.67. The van der Waals surface area contributed by atoms with Gasteiger partial charge in [-0.2, -0.15) is 0 Å². The summed E-state index contributed by atoms with van der Waals surface area (Å²) in [5.41, 5.74) is 5.01. The summed E-state index contributed by atoms with van der Waals surface area (Å²) in [5.74, 6) is -0.408. The summed E-state index contributed by atoms with van der Waals surface area (Å²) in [7, 11) is 0. The van der Waals surface area contributed by atoms with Gasteiger partial charge in [0.05, 0.1) is 0 Å². The Hall–Kier alpha value is -1.26.